The number of nitrogens with two attached hydrogens (primary N) is 1. The molecule has 0 aliphatic carbocycles. The lowest BCUT2D eigenvalue weighted by Crippen LogP contribution is -2.14. The summed E-state index contributed by atoms with van der Waals surface area (Å²) < 4.78 is 19.0. The van der Waals surface area contributed by atoms with Gasteiger partial charge in [0, 0.05) is 5.56 Å². The Morgan fingerprint density at radius 2 is 1.86 bits per heavy atom. The predicted octanol–water partition coefficient (Wildman–Crippen LogP) is 1.99. The highest BCUT2D eigenvalue weighted by Crippen LogP contribution is 2.16. The summed E-state index contributed by atoms with van der Waals surface area (Å²) in [6.45, 7) is 0.106. The van der Waals surface area contributed by atoms with E-state index >= 15 is 0 Å². The zero-order valence-corrected chi connectivity index (χ0v) is 11.2. The minimum Gasteiger partial charge on any atom is -0.489 e. The summed E-state index contributed by atoms with van der Waals surface area (Å²) in [5.74, 6) is -0.0572. The van der Waals surface area contributed by atoms with E-state index in [1.54, 1.807) is 30.3 Å². The number of aliphatic hydroxyl groups is 1. The molecule has 0 radical (unpaired) electrons. The summed E-state index contributed by atoms with van der Waals surface area (Å²) in [6, 6.07) is 11.0. The Bertz CT molecular complexity index is 642. The molecule has 0 atom stereocenters. The summed E-state index contributed by atoms with van der Waals surface area (Å²) in [5.41, 5.74) is 7.06. The van der Waals surface area contributed by atoms with Crippen LogP contribution < -0.4 is 10.5 Å². The van der Waals surface area contributed by atoms with Crippen molar-refractivity contribution in [3.05, 3.63) is 65.0 Å². The number of rotatable bonds is 5. The van der Waals surface area contributed by atoms with Crippen molar-refractivity contribution in [1.29, 1.82) is 0 Å². The van der Waals surface area contributed by atoms with Crippen LogP contribution in [0.3, 0.4) is 0 Å². The lowest BCUT2D eigenvalue weighted by Gasteiger charge is -2.08. The fourth-order valence-electron chi connectivity index (χ4n) is 1.80. The average Bonchev–Trinajstić information content (AvgIpc) is 2.52. The third-order valence-corrected chi connectivity index (χ3v) is 2.87. The second-order valence-electron chi connectivity index (χ2n) is 4.42. The zero-order valence-electron chi connectivity index (χ0n) is 11.2. The fourth-order valence-corrected chi connectivity index (χ4v) is 1.80. The second kappa shape index (κ2) is 6.71. The van der Waals surface area contributed by atoms with Gasteiger partial charge in [-0.05, 0) is 41.5 Å². The number of oxime groups is 1. The molecular weight excluding hydrogens is 275 g/mol. The van der Waals surface area contributed by atoms with Gasteiger partial charge in [-0.2, -0.15) is 0 Å². The van der Waals surface area contributed by atoms with Gasteiger partial charge in [-0.1, -0.05) is 17.3 Å². The van der Waals surface area contributed by atoms with Crippen molar-refractivity contribution in [3.63, 3.8) is 0 Å². The quantitative estimate of drug-likeness (QED) is 0.340. The number of aliphatic hydroxyl groups excluding tert-OH is 1. The number of hydrogen-bond acceptors (Lipinski definition) is 4. The first-order valence-electron chi connectivity index (χ1n) is 6.22. The number of nitrogens with zero attached hydrogens (tertiary/aromatic N) is 1. The third kappa shape index (κ3) is 3.93. The average molecular weight is 290 g/mol. The standard InChI is InChI=1S/C15H15FN2O3/c16-13-6-11(5-12(7-13)15(17)18-20)9-21-14-3-1-10(8-19)2-4-14/h1-7,19-20H,8-9H2,(H2,17,18). The van der Waals surface area contributed by atoms with Gasteiger partial charge in [0.15, 0.2) is 5.84 Å². The molecule has 0 heterocycles. The van der Waals surface area contributed by atoms with E-state index in [4.69, 9.17) is 20.8 Å². The number of amidine groups is 1. The fraction of sp³-hybridized carbons (Fsp3) is 0.133. The summed E-state index contributed by atoms with van der Waals surface area (Å²) in [6.07, 6.45) is 0. The number of benzene rings is 2. The molecule has 0 aromatic heterocycles. The van der Waals surface area contributed by atoms with E-state index in [1.807, 2.05) is 0 Å². The van der Waals surface area contributed by atoms with Gasteiger partial charge >= 0.3 is 0 Å². The molecule has 0 aliphatic rings. The Hall–Kier alpha value is -2.60. The lowest BCUT2D eigenvalue weighted by atomic mass is 10.1. The van der Waals surface area contributed by atoms with Crippen LogP contribution in [0.15, 0.2) is 47.6 Å². The van der Waals surface area contributed by atoms with Crippen LogP contribution in [0.5, 0.6) is 5.75 Å². The molecule has 2 aromatic carbocycles. The summed E-state index contributed by atoms with van der Waals surface area (Å²) in [5, 5.41) is 20.4. The molecule has 4 N–H and O–H groups in total. The van der Waals surface area contributed by atoms with E-state index in [2.05, 4.69) is 5.16 Å². The first-order chi connectivity index (χ1) is 10.1. The minimum atomic E-state index is -0.492. The van der Waals surface area contributed by atoms with Crippen molar-refractivity contribution in [1.82, 2.24) is 0 Å². The predicted molar refractivity (Wildman–Crippen MR) is 75.6 cm³/mol. The molecule has 0 fully saturated rings. The third-order valence-electron chi connectivity index (χ3n) is 2.87. The molecule has 2 rings (SSSR count). The first kappa shape index (κ1) is 14.8. The summed E-state index contributed by atoms with van der Waals surface area (Å²) >= 11 is 0. The lowest BCUT2D eigenvalue weighted by molar-refractivity contribution is 0.280. The van der Waals surface area contributed by atoms with Crippen molar-refractivity contribution in [2.24, 2.45) is 10.9 Å². The van der Waals surface area contributed by atoms with Crippen LogP contribution >= 0.6 is 0 Å². The number of hydrogen-bond donors (Lipinski definition) is 3. The Morgan fingerprint density at radius 3 is 2.48 bits per heavy atom. The van der Waals surface area contributed by atoms with E-state index in [-0.39, 0.29) is 24.6 Å². The van der Waals surface area contributed by atoms with Gasteiger partial charge in [0.2, 0.25) is 0 Å². The Balaban J connectivity index is 2.10. The monoisotopic (exact) mass is 290 g/mol. The van der Waals surface area contributed by atoms with Crippen molar-refractivity contribution in [2.75, 3.05) is 0 Å². The molecule has 21 heavy (non-hydrogen) atoms. The normalized spacial score (nSPS) is 11.4. The van der Waals surface area contributed by atoms with E-state index in [9.17, 15) is 4.39 Å². The SMILES string of the molecule is N/C(=N/O)c1cc(F)cc(COc2ccc(CO)cc2)c1. The van der Waals surface area contributed by atoms with Gasteiger partial charge in [0.05, 0.1) is 6.61 Å². The van der Waals surface area contributed by atoms with Crippen LogP contribution in [0.2, 0.25) is 0 Å². The molecule has 0 bridgehead atoms. The van der Waals surface area contributed by atoms with Gasteiger partial charge in [-0.15, -0.1) is 0 Å². The van der Waals surface area contributed by atoms with Crippen molar-refractivity contribution in [2.45, 2.75) is 13.2 Å². The molecule has 5 nitrogen and oxygen atoms in total. The van der Waals surface area contributed by atoms with Crippen molar-refractivity contribution >= 4 is 5.84 Å². The maximum absolute atomic E-state index is 13.5. The number of ether oxygens (including phenoxy) is 1. The van der Waals surface area contributed by atoms with Gasteiger partial charge in [-0.3, -0.25) is 0 Å². The van der Waals surface area contributed by atoms with Crippen LogP contribution in [0, 0.1) is 5.82 Å². The van der Waals surface area contributed by atoms with Crippen LogP contribution in [-0.2, 0) is 13.2 Å². The molecular formula is C15H15FN2O3. The minimum absolute atomic E-state index is 0.0344. The van der Waals surface area contributed by atoms with E-state index in [1.165, 1.54) is 12.1 Å². The molecule has 0 spiro atoms. The van der Waals surface area contributed by atoms with E-state index in [0.29, 0.717) is 11.3 Å². The van der Waals surface area contributed by atoms with Crippen molar-refractivity contribution < 1.29 is 19.4 Å². The molecule has 2 aromatic rings. The van der Waals surface area contributed by atoms with Gasteiger partial charge in [-0.25, -0.2) is 4.39 Å². The van der Waals surface area contributed by atoms with Gasteiger partial charge in [0.1, 0.15) is 18.2 Å². The molecule has 0 saturated heterocycles. The highest BCUT2D eigenvalue weighted by atomic mass is 19.1. The topological polar surface area (TPSA) is 88.1 Å². The molecule has 0 amide bonds. The van der Waals surface area contributed by atoms with Crippen LogP contribution in [0.4, 0.5) is 4.39 Å². The summed E-state index contributed by atoms with van der Waals surface area (Å²) in [4.78, 5) is 0. The Labute approximate surface area is 121 Å². The highest BCUT2D eigenvalue weighted by Gasteiger charge is 2.06. The van der Waals surface area contributed by atoms with Crippen LogP contribution in [-0.4, -0.2) is 16.1 Å². The Kier molecular flexibility index (Phi) is 4.73. The van der Waals surface area contributed by atoms with Gasteiger partial charge < -0.3 is 20.8 Å². The van der Waals surface area contributed by atoms with E-state index < -0.39 is 5.82 Å². The molecule has 6 heteroatoms. The highest BCUT2D eigenvalue weighted by molar-refractivity contribution is 5.97. The zero-order chi connectivity index (χ0) is 15.2. The largest absolute Gasteiger partial charge is 0.489 e. The van der Waals surface area contributed by atoms with Crippen LogP contribution in [0.1, 0.15) is 16.7 Å². The number of halogens is 1. The van der Waals surface area contributed by atoms with Crippen molar-refractivity contribution in [3.8, 4) is 5.75 Å². The molecule has 0 aliphatic heterocycles. The molecule has 110 valence electrons. The smallest absolute Gasteiger partial charge is 0.170 e. The molecule has 0 saturated carbocycles. The Morgan fingerprint density at radius 1 is 1.14 bits per heavy atom. The maximum Gasteiger partial charge on any atom is 0.170 e. The van der Waals surface area contributed by atoms with Crippen LogP contribution in [0.25, 0.3) is 0 Å². The first-order valence-corrected chi connectivity index (χ1v) is 6.22. The maximum atomic E-state index is 13.5. The van der Waals surface area contributed by atoms with E-state index in [0.717, 1.165) is 5.56 Å². The molecule has 0 unspecified atom stereocenters. The summed E-state index contributed by atoms with van der Waals surface area (Å²) in [7, 11) is 0. The van der Waals surface area contributed by atoms with Gasteiger partial charge in [0.25, 0.3) is 0 Å². The second-order valence-corrected chi connectivity index (χ2v) is 4.42.